The molecule has 5 nitrogen and oxygen atoms in total. The maximum absolute atomic E-state index is 5.86. The Bertz CT molecular complexity index is 331. The first-order valence-electron chi connectivity index (χ1n) is 6.51. The van der Waals surface area contributed by atoms with Crippen LogP contribution < -0.4 is 11.3 Å². The van der Waals surface area contributed by atoms with Crippen molar-refractivity contribution in [3.05, 3.63) is 16.6 Å². The molecule has 1 aromatic heterocycles. The number of nitrogens with two attached hydrogens (primary N) is 1. The van der Waals surface area contributed by atoms with Crippen LogP contribution in [0.1, 0.15) is 18.2 Å². The Morgan fingerprint density at radius 3 is 3.28 bits per heavy atom. The lowest BCUT2D eigenvalue weighted by atomic mass is 10.1. The lowest BCUT2D eigenvalue weighted by molar-refractivity contribution is -0.0461. The molecule has 2 atom stereocenters. The van der Waals surface area contributed by atoms with Gasteiger partial charge in [0.25, 0.3) is 0 Å². The molecule has 2 rings (SSSR count). The summed E-state index contributed by atoms with van der Waals surface area (Å²) in [6, 6.07) is 0.158. The number of rotatable bonds is 6. The Labute approximate surface area is 112 Å². The summed E-state index contributed by atoms with van der Waals surface area (Å²) in [4.78, 5) is 7.79. The zero-order chi connectivity index (χ0) is 12.8. The third-order valence-electron chi connectivity index (χ3n) is 3.28. The van der Waals surface area contributed by atoms with Gasteiger partial charge in [-0.15, -0.1) is 11.3 Å². The minimum atomic E-state index is 0.158. The van der Waals surface area contributed by atoms with E-state index in [1.807, 2.05) is 11.7 Å². The van der Waals surface area contributed by atoms with Gasteiger partial charge in [0, 0.05) is 30.6 Å². The quantitative estimate of drug-likeness (QED) is 0.586. The van der Waals surface area contributed by atoms with Crippen molar-refractivity contribution in [1.82, 2.24) is 15.3 Å². The van der Waals surface area contributed by atoms with Crippen molar-refractivity contribution in [2.24, 2.45) is 5.84 Å². The van der Waals surface area contributed by atoms with E-state index in [9.17, 15) is 0 Å². The van der Waals surface area contributed by atoms with Crippen LogP contribution in [0.25, 0.3) is 0 Å². The van der Waals surface area contributed by atoms with Crippen molar-refractivity contribution in [2.75, 3.05) is 26.2 Å². The number of hydrazine groups is 1. The smallest absolute Gasteiger partial charge is 0.0872 e. The van der Waals surface area contributed by atoms with Gasteiger partial charge in [0.2, 0.25) is 0 Å². The molecule has 2 unspecified atom stereocenters. The topological polar surface area (TPSA) is 63.4 Å². The van der Waals surface area contributed by atoms with Crippen molar-refractivity contribution in [3.8, 4) is 0 Å². The van der Waals surface area contributed by atoms with Crippen LogP contribution >= 0.6 is 11.3 Å². The summed E-state index contributed by atoms with van der Waals surface area (Å²) < 4.78 is 5.86. The maximum atomic E-state index is 5.86. The normalized spacial score (nSPS) is 23.1. The van der Waals surface area contributed by atoms with Gasteiger partial charge in [0.1, 0.15) is 0 Å². The van der Waals surface area contributed by atoms with Crippen LogP contribution in [-0.2, 0) is 11.2 Å². The van der Waals surface area contributed by atoms with E-state index < -0.39 is 0 Å². The summed E-state index contributed by atoms with van der Waals surface area (Å²) in [5.41, 5.74) is 4.76. The summed E-state index contributed by atoms with van der Waals surface area (Å²) in [5.74, 6) is 5.68. The van der Waals surface area contributed by atoms with Gasteiger partial charge in [-0.1, -0.05) is 6.92 Å². The van der Waals surface area contributed by atoms with E-state index in [0.29, 0.717) is 0 Å². The van der Waals surface area contributed by atoms with Gasteiger partial charge >= 0.3 is 0 Å². The van der Waals surface area contributed by atoms with Crippen molar-refractivity contribution < 1.29 is 4.74 Å². The Morgan fingerprint density at radius 2 is 2.61 bits per heavy atom. The number of nitrogens with one attached hydrogen (secondary N) is 1. The monoisotopic (exact) mass is 270 g/mol. The predicted octanol–water partition coefficient (Wildman–Crippen LogP) is 0.628. The highest BCUT2D eigenvalue weighted by molar-refractivity contribution is 7.09. The van der Waals surface area contributed by atoms with Gasteiger partial charge in [0.05, 0.1) is 24.3 Å². The first-order valence-corrected chi connectivity index (χ1v) is 7.39. The van der Waals surface area contributed by atoms with Crippen molar-refractivity contribution >= 4 is 11.3 Å². The summed E-state index contributed by atoms with van der Waals surface area (Å²) in [5, 5.41) is 0. The summed E-state index contributed by atoms with van der Waals surface area (Å²) in [6.07, 6.45) is 4.13. The van der Waals surface area contributed by atoms with Crippen LogP contribution in [0.5, 0.6) is 0 Å². The van der Waals surface area contributed by atoms with Gasteiger partial charge in [-0.2, -0.15) is 0 Å². The molecule has 2 heterocycles. The maximum Gasteiger partial charge on any atom is 0.0872 e. The molecule has 1 aliphatic rings. The Kier molecular flexibility index (Phi) is 5.52. The molecular formula is C12H22N4OS. The number of aromatic nitrogens is 1. The molecule has 1 aromatic rings. The molecule has 0 spiro atoms. The minimum absolute atomic E-state index is 0.158. The van der Waals surface area contributed by atoms with Gasteiger partial charge < -0.3 is 4.74 Å². The van der Waals surface area contributed by atoms with E-state index in [1.165, 1.54) is 11.3 Å². The largest absolute Gasteiger partial charge is 0.374 e. The molecule has 3 N–H and O–H groups in total. The number of hydrogen-bond donors (Lipinski definition) is 2. The summed E-state index contributed by atoms with van der Waals surface area (Å²) >= 11 is 1.67. The molecule has 18 heavy (non-hydrogen) atoms. The molecule has 0 bridgehead atoms. The fourth-order valence-electron chi connectivity index (χ4n) is 2.35. The molecule has 1 aliphatic heterocycles. The average molecular weight is 270 g/mol. The first kappa shape index (κ1) is 13.9. The molecular weight excluding hydrogens is 248 g/mol. The Hall–Kier alpha value is -0.530. The molecule has 0 amide bonds. The van der Waals surface area contributed by atoms with Gasteiger partial charge in [-0.3, -0.25) is 21.2 Å². The molecule has 0 aliphatic carbocycles. The van der Waals surface area contributed by atoms with Gasteiger partial charge in [-0.25, -0.2) is 0 Å². The number of ether oxygens (including phenoxy) is 1. The van der Waals surface area contributed by atoms with E-state index in [4.69, 9.17) is 10.6 Å². The molecule has 6 heteroatoms. The highest BCUT2D eigenvalue weighted by Crippen LogP contribution is 2.15. The third kappa shape index (κ3) is 3.73. The molecule has 1 fully saturated rings. The Balaban J connectivity index is 1.90. The van der Waals surface area contributed by atoms with Gasteiger partial charge in [0.15, 0.2) is 0 Å². The molecule has 102 valence electrons. The Morgan fingerprint density at radius 1 is 1.72 bits per heavy atom. The van der Waals surface area contributed by atoms with Crippen LogP contribution in [0.2, 0.25) is 0 Å². The van der Waals surface area contributed by atoms with Crippen LogP contribution in [0.3, 0.4) is 0 Å². The lowest BCUT2D eigenvalue weighted by Gasteiger charge is -2.36. The first-order chi connectivity index (χ1) is 8.83. The fourth-order valence-corrected chi connectivity index (χ4v) is 3.01. The van der Waals surface area contributed by atoms with E-state index in [2.05, 4.69) is 22.2 Å². The second-order valence-corrected chi connectivity index (χ2v) is 5.63. The molecule has 0 saturated carbocycles. The van der Waals surface area contributed by atoms with Crippen LogP contribution in [0, 0.1) is 0 Å². The van der Waals surface area contributed by atoms with E-state index in [1.54, 1.807) is 11.3 Å². The molecule has 1 saturated heterocycles. The van der Waals surface area contributed by atoms with E-state index in [-0.39, 0.29) is 12.1 Å². The lowest BCUT2D eigenvalue weighted by Crippen LogP contribution is -2.54. The molecule has 0 radical (unpaired) electrons. The van der Waals surface area contributed by atoms with Crippen molar-refractivity contribution in [1.29, 1.82) is 0 Å². The second-order valence-electron chi connectivity index (χ2n) is 4.65. The zero-order valence-electron chi connectivity index (χ0n) is 10.8. The average Bonchev–Trinajstić information content (AvgIpc) is 2.89. The predicted molar refractivity (Wildman–Crippen MR) is 73.4 cm³/mol. The fraction of sp³-hybridized carbons (Fsp3) is 0.750. The summed E-state index contributed by atoms with van der Waals surface area (Å²) in [7, 11) is 0. The number of hydrogen-bond acceptors (Lipinski definition) is 6. The number of nitrogens with zero attached hydrogens (tertiary/aromatic N) is 2. The van der Waals surface area contributed by atoms with Crippen molar-refractivity contribution in [3.63, 3.8) is 0 Å². The molecule has 0 aromatic carbocycles. The number of morpholine rings is 1. The van der Waals surface area contributed by atoms with Crippen LogP contribution in [-0.4, -0.2) is 48.3 Å². The van der Waals surface area contributed by atoms with Crippen LogP contribution in [0.4, 0.5) is 0 Å². The van der Waals surface area contributed by atoms with Crippen LogP contribution in [0.15, 0.2) is 11.7 Å². The third-order valence-corrected chi connectivity index (χ3v) is 4.09. The van der Waals surface area contributed by atoms with E-state index in [0.717, 1.165) is 32.7 Å². The van der Waals surface area contributed by atoms with Gasteiger partial charge in [-0.05, 0) is 13.0 Å². The van der Waals surface area contributed by atoms with Crippen molar-refractivity contribution in [2.45, 2.75) is 31.9 Å². The minimum Gasteiger partial charge on any atom is -0.374 e. The second kappa shape index (κ2) is 7.16. The van der Waals surface area contributed by atoms with E-state index >= 15 is 0 Å². The SMILES string of the molecule is CCCN1CCOC(C(Cc2cncs2)NN)C1. The zero-order valence-corrected chi connectivity index (χ0v) is 11.7. The summed E-state index contributed by atoms with van der Waals surface area (Å²) in [6.45, 7) is 6.13. The standard InChI is InChI=1S/C12H22N4OS/c1-2-3-16-4-5-17-12(8-16)11(15-13)6-10-7-14-9-18-10/h7,9,11-12,15H,2-6,8,13H2,1H3. The highest BCUT2D eigenvalue weighted by atomic mass is 32.1. The highest BCUT2D eigenvalue weighted by Gasteiger charge is 2.27. The number of thiazole rings is 1.